The molecule has 0 aromatic rings. The standard InChI is InChI=1S/C66H119NO10/c1-4-7-10-13-16-19-22-25-27-29-30-31-33-36-39-42-45-48-51-54-61(71)77-64-63(73)62(72)60(55-68)76-66(64)75-56-57(58(69)52-49-46-43-40-37-34-24-21-18-15-12-9-6-3)67-65(74)59(70)53-50-47-44-41-38-35-32-28-26-23-20-17-14-11-8-5-2/h16-17,19-20,25-28,49,52,57-60,62-64,66,68-70,72-73H,4-15,18,21-24,29-48,50-51,53-56H2,1-3H3,(H,67,74)/b19-16-,20-17-,27-25-,28-26-,52-49+. The number of hydrogen-bond donors (Lipinski definition) is 6. The highest BCUT2D eigenvalue weighted by Crippen LogP contribution is 2.26. The number of ether oxygens (including phenoxy) is 3. The van der Waals surface area contributed by atoms with Crippen LogP contribution in [0.1, 0.15) is 284 Å². The second kappa shape index (κ2) is 54.0. The van der Waals surface area contributed by atoms with Crippen molar-refractivity contribution in [3.63, 3.8) is 0 Å². The summed E-state index contributed by atoms with van der Waals surface area (Å²) in [5, 5.41) is 57.0. The molecule has 1 aliphatic heterocycles. The maximum atomic E-state index is 13.4. The third-order valence-electron chi connectivity index (χ3n) is 14.9. The van der Waals surface area contributed by atoms with Crippen molar-refractivity contribution in [2.45, 2.75) is 333 Å². The molecule has 0 aliphatic carbocycles. The molecule has 0 spiro atoms. The topological polar surface area (TPSA) is 175 Å². The van der Waals surface area contributed by atoms with Crippen molar-refractivity contribution in [3.8, 4) is 0 Å². The van der Waals surface area contributed by atoms with E-state index in [2.05, 4.69) is 74.7 Å². The summed E-state index contributed by atoms with van der Waals surface area (Å²) >= 11 is 0. The van der Waals surface area contributed by atoms with Crippen LogP contribution in [-0.4, -0.2) is 99.6 Å². The Morgan fingerprint density at radius 2 is 0.896 bits per heavy atom. The van der Waals surface area contributed by atoms with Gasteiger partial charge < -0.3 is 45.1 Å². The molecule has 8 unspecified atom stereocenters. The van der Waals surface area contributed by atoms with Crippen molar-refractivity contribution in [1.29, 1.82) is 0 Å². The molecule has 0 bridgehead atoms. The van der Waals surface area contributed by atoms with Crippen LogP contribution in [0.4, 0.5) is 0 Å². The van der Waals surface area contributed by atoms with Crippen molar-refractivity contribution in [1.82, 2.24) is 5.32 Å². The number of carbonyl (C=O) groups is 2. The molecule has 11 nitrogen and oxygen atoms in total. The average molecular weight is 1090 g/mol. The first-order valence-electron chi connectivity index (χ1n) is 32.1. The van der Waals surface area contributed by atoms with Crippen molar-refractivity contribution < 1.29 is 49.3 Å². The lowest BCUT2D eigenvalue weighted by atomic mass is 9.99. The SMILES string of the molecule is CCCCC/C=C\C/C=C\CCCCCCCCCCCC(=O)OC1C(OCC(NC(=O)C(O)CCCCCCCC/C=C\C/C=C\CCCCC)C(O)/C=C/CCCCCCCCCCCCC)OC(CO)C(O)C1O. The number of carbonyl (C=O) groups excluding carboxylic acids is 2. The zero-order valence-corrected chi connectivity index (χ0v) is 49.6. The van der Waals surface area contributed by atoms with Crippen LogP contribution >= 0.6 is 0 Å². The lowest BCUT2D eigenvalue weighted by Crippen LogP contribution is -2.61. The van der Waals surface area contributed by atoms with Gasteiger partial charge in [0, 0.05) is 6.42 Å². The second-order valence-corrected chi connectivity index (χ2v) is 22.1. The number of nitrogens with one attached hydrogen (secondary N) is 1. The van der Waals surface area contributed by atoms with Gasteiger partial charge in [-0.15, -0.1) is 0 Å². The quantitative estimate of drug-likeness (QED) is 0.0195. The van der Waals surface area contributed by atoms with Gasteiger partial charge in [0.05, 0.1) is 25.4 Å². The van der Waals surface area contributed by atoms with Crippen molar-refractivity contribution >= 4 is 11.9 Å². The summed E-state index contributed by atoms with van der Waals surface area (Å²) in [5.41, 5.74) is 0. The Morgan fingerprint density at radius 1 is 0.506 bits per heavy atom. The van der Waals surface area contributed by atoms with Crippen LogP contribution in [0.15, 0.2) is 60.8 Å². The van der Waals surface area contributed by atoms with Crippen LogP contribution < -0.4 is 5.32 Å². The molecule has 8 atom stereocenters. The Labute approximate surface area is 471 Å². The Balaban J connectivity index is 2.68. The first kappa shape index (κ1) is 72.4. The van der Waals surface area contributed by atoms with Gasteiger partial charge in [0.15, 0.2) is 12.4 Å². The van der Waals surface area contributed by atoms with Gasteiger partial charge in [0.25, 0.3) is 0 Å². The fourth-order valence-corrected chi connectivity index (χ4v) is 9.77. The third-order valence-corrected chi connectivity index (χ3v) is 14.9. The monoisotopic (exact) mass is 1090 g/mol. The molecule has 0 aromatic carbocycles. The molecule has 1 saturated heterocycles. The molecule has 1 rings (SSSR count). The molecular formula is C66H119NO10. The maximum absolute atomic E-state index is 13.4. The predicted molar refractivity (Wildman–Crippen MR) is 320 cm³/mol. The zero-order chi connectivity index (χ0) is 56.1. The molecule has 1 fully saturated rings. The fraction of sp³-hybridized carbons (Fsp3) is 0.818. The number of unbranched alkanes of at least 4 members (excludes halogenated alkanes) is 32. The summed E-state index contributed by atoms with van der Waals surface area (Å²) in [6.45, 7) is 5.75. The molecule has 6 N–H and O–H groups in total. The van der Waals surface area contributed by atoms with E-state index in [-0.39, 0.29) is 19.4 Å². The minimum atomic E-state index is -1.62. The van der Waals surface area contributed by atoms with Crippen molar-refractivity contribution in [2.75, 3.05) is 13.2 Å². The van der Waals surface area contributed by atoms with Crippen molar-refractivity contribution in [3.05, 3.63) is 60.8 Å². The summed E-state index contributed by atoms with van der Waals surface area (Å²) in [6.07, 6.45) is 56.7. The van der Waals surface area contributed by atoms with E-state index in [0.29, 0.717) is 12.8 Å². The molecule has 448 valence electrons. The zero-order valence-electron chi connectivity index (χ0n) is 49.6. The van der Waals surface area contributed by atoms with E-state index in [1.165, 1.54) is 141 Å². The Morgan fingerprint density at radius 3 is 1.35 bits per heavy atom. The summed E-state index contributed by atoms with van der Waals surface area (Å²) < 4.78 is 17.6. The normalized spacial score (nSPS) is 19.4. The summed E-state index contributed by atoms with van der Waals surface area (Å²) in [5.74, 6) is -1.20. The molecule has 0 radical (unpaired) electrons. The van der Waals surface area contributed by atoms with E-state index in [9.17, 15) is 35.1 Å². The molecule has 11 heteroatoms. The van der Waals surface area contributed by atoms with Crippen molar-refractivity contribution in [2.24, 2.45) is 0 Å². The van der Waals surface area contributed by atoms with Gasteiger partial charge in [0.1, 0.15) is 24.4 Å². The minimum Gasteiger partial charge on any atom is -0.454 e. The van der Waals surface area contributed by atoms with Gasteiger partial charge in [0.2, 0.25) is 5.91 Å². The summed E-state index contributed by atoms with van der Waals surface area (Å²) in [4.78, 5) is 26.6. The number of hydrogen-bond acceptors (Lipinski definition) is 10. The van der Waals surface area contributed by atoms with Crippen LogP contribution in [0, 0.1) is 0 Å². The van der Waals surface area contributed by atoms with E-state index in [4.69, 9.17) is 14.2 Å². The smallest absolute Gasteiger partial charge is 0.306 e. The lowest BCUT2D eigenvalue weighted by molar-refractivity contribution is -0.305. The molecule has 0 aromatic heterocycles. The average Bonchev–Trinajstić information content (AvgIpc) is 3.43. The highest BCUT2D eigenvalue weighted by Gasteiger charge is 2.47. The fourth-order valence-electron chi connectivity index (χ4n) is 9.77. The molecule has 1 heterocycles. The number of aliphatic hydroxyl groups is 5. The number of aliphatic hydroxyl groups excluding tert-OH is 5. The van der Waals surface area contributed by atoms with Crippen LogP contribution in [-0.2, 0) is 23.8 Å². The Hall–Kier alpha value is -2.64. The lowest BCUT2D eigenvalue weighted by Gasteiger charge is -2.41. The third kappa shape index (κ3) is 42.0. The first-order valence-corrected chi connectivity index (χ1v) is 32.1. The van der Waals surface area contributed by atoms with E-state index in [0.717, 1.165) is 96.3 Å². The Bertz CT molecular complexity index is 1480. The number of rotatable bonds is 54. The second-order valence-electron chi connectivity index (χ2n) is 22.1. The van der Waals surface area contributed by atoms with E-state index >= 15 is 0 Å². The highest BCUT2D eigenvalue weighted by molar-refractivity contribution is 5.80. The van der Waals surface area contributed by atoms with Gasteiger partial charge in [-0.2, -0.15) is 0 Å². The van der Waals surface area contributed by atoms with Gasteiger partial charge in [-0.25, -0.2) is 0 Å². The maximum Gasteiger partial charge on any atom is 0.306 e. The van der Waals surface area contributed by atoms with Crippen LogP contribution in [0.25, 0.3) is 0 Å². The van der Waals surface area contributed by atoms with Gasteiger partial charge in [-0.3, -0.25) is 9.59 Å². The largest absolute Gasteiger partial charge is 0.454 e. The van der Waals surface area contributed by atoms with Crippen LogP contribution in [0.5, 0.6) is 0 Å². The van der Waals surface area contributed by atoms with E-state index < -0.39 is 67.4 Å². The van der Waals surface area contributed by atoms with Gasteiger partial charge in [-0.05, 0) is 89.9 Å². The molecule has 1 aliphatic rings. The molecule has 77 heavy (non-hydrogen) atoms. The summed E-state index contributed by atoms with van der Waals surface area (Å²) in [7, 11) is 0. The van der Waals surface area contributed by atoms with Gasteiger partial charge in [-0.1, -0.05) is 248 Å². The molecule has 1 amide bonds. The minimum absolute atomic E-state index is 0.117. The highest BCUT2D eigenvalue weighted by atomic mass is 16.7. The van der Waals surface area contributed by atoms with Gasteiger partial charge >= 0.3 is 5.97 Å². The number of esters is 1. The van der Waals surface area contributed by atoms with E-state index in [1.807, 2.05) is 6.08 Å². The van der Waals surface area contributed by atoms with Crippen LogP contribution in [0.2, 0.25) is 0 Å². The molecule has 0 saturated carbocycles. The Kier molecular flexibility index (Phi) is 50.7. The number of amides is 1. The molecular weight excluding hydrogens is 967 g/mol. The first-order chi connectivity index (χ1) is 37.7. The van der Waals surface area contributed by atoms with Crippen LogP contribution in [0.3, 0.4) is 0 Å². The van der Waals surface area contributed by atoms with E-state index in [1.54, 1.807) is 6.08 Å². The number of allylic oxidation sites excluding steroid dienone is 9. The predicted octanol–water partition coefficient (Wildman–Crippen LogP) is 15.4. The summed E-state index contributed by atoms with van der Waals surface area (Å²) in [6, 6.07) is -1.03.